The number of likely N-dealkylation sites (tertiary alicyclic amines) is 1. The van der Waals surface area contributed by atoms with E-state index in [0.29, 0.717) is 6.61 Å². The zero-order valence-electron chi connectivity index (χ0n) is 15.3. The van der Waals surface area contributed by atoms with Crippen LogP contribution in [0.3, 0.4) is 0 Å². The van der Waals surface area contributed by atoms with Crippen molar-refractivity contribution in [2.24, 2.45) is 11.8 Å². The lowest BCUT2D eigenvalue weighted by Crippen LogP contribution is -3.15. The summed E-state index contributed by atoms with van der Waals surface area (Å²) >= 11 is 0. The number of methoxy groups -OCH3 is 1. The monoisotopic (exact) mass is 334 g/mol. The van der Waals surface area contributed by atoms with Gasteiger partial charge in [0, 0.05) is 17.4 Å². The fourth-order valence-corrected chi connectivity index (χ4v) is 3.81. The van der Waals surface area contributed by atoms with Gasteiger partial charge in [-0.05, 0) is 31.0 Å². The molecule has 1 aliphatic heterocycles. The molecule has 0 aromatic heterocycles. The van der Waals surface area contributed by atoms with E-state index in [9.17, 15) is 5.11 Å². The Hall–Kier alpha value is -1.52. The number of benzene rings is 1. The summed E-state index contributed by atoms with van der Waals surface area (Å²) in [4.78, 5) is 1.48. The van der Waals surface area contributed by atoms with Gasteiger partial charge in [0.1, 0.15) is 30.8 Å². The van der Waals surface area contributed by atoms with E-state index in [2.05, 4.69) is 20.4 Å². The lowest BCUT2D eigenvalue weighted by Gasteiger charge is -2.33. The maximum Gasteiger partial charge on any atom is 0.137 e. The number of hydrogen-bond donors (Lipinski definition) is 2. The third-order valence-corrected chi connectivity index (χ3v) is 4.67. The van der Waals surface area contributed by atoms with Gasteiger partial charge in [-0.15, -0.1) is 6.58 Å². The van der Waals surface area contributed by atoms with E-state index in [1.807, 2.05) is 24.3 Å². The number of piperidine rings is 1. The smallest absolute Gasteiger partial charge is 0.137 e. The molecule has 4 heteroatoms. The number of hydrogen-bond acceptors (Lipinski definition) is 3. The van der Waals surface area contributed by atoms with E-state index in [1.54, 1.807) is 7.11 Å². The first-order valence-electron chi connectivity index (χ1n) is 8.94. The van der Waals surface area contributed by atoms with Crippen molar-refractivity contribution in [3.63, 3.8) is 0 Å². The number of rotatable bonds is 8. The molecule has 1 aromatic carbocycles. The van der Waals surface area contributed by atoms with Gasteiger partial charge in [0.05, 0.1) is 20.2 Å². The highest BCUT2D eigenvalue weighted by Gasteiger charge is 2.27. The molecule has 2 N–H and O–H groups in total. The number of quaternary nitrogens is 1. The van der Waals surface area contributed by atoms with Crippen LogP contribution in [0.25, 0.3) is 0 Å². The first kappa shape index (κ1) is 18.8. The molecule has 0 aliphatic carbocycles. The van der Waals surface area contributed by atoms with E-state index in [4.69, 9.17) is 9.47 Å². The second-order valence-electron chi connectivity index (χ2n) is 7.24. The molecule has 1 aromatic rings. The van der Waals surface area contributed by atoms with Crippen LogP contribution in [0.5, 0.6) is 11.5 Å². The minimum absolute atomic E-state index is 0.322. The SMILES string of the molecule is C=CCc1cc(OC)ccc1OC[C@@H](O)C[NH+]1C[C@H](C)C[C@H](C)C1. The largest absolute Gasteiger partial charge is 0.497 e. The molecule has 0 saturated carbocycles. The highest BCUT2D eigenvalue weighted by Crippen LogP contribution is 2.25. The standard InChI is InChI=1S/C20H31NO3/c1-5-6-17-10-19(23-4)7-8-20(17)24-14-18(22)13-21-11-15(2)9-16(3)12-21/h5,7-8,10,15-16,18,22H,1,6,9,11-14H2,2-4H3/p+1/t15-,16+,18-/m0/s1. The summed E-state index contributed by atoms with van der Waals surface area (Å²) in [5.41, 5.74) is 1.03. The molecule has 4 nitrogen and oxygen atoms in total. The number of aliphatic hydroxyl groups excluding tert-OH is 1. The first-order chi connectivity index (χ1) is 11.5. The molecule has 1 fully saturated rings. The summed E-state index contributed by atoms with van der Waals surface area (Å²) in [5.74, 6) is 3.07. The molecular formula is C20H32NO3+. The highest BCUT2D eigenvalue weighted by molar-refractivity contribution is 5.41. The molecule has 0 radical (unpaired) electrons. The Balaban J connectivity index is 1.89. The fourth-order valence-electron chi connectivity index (χ4n) is 3.81. The molecule has 0 amide bonds. The Bertz CT molecular complexity index is 522. The van der Waals surface area contributed by atoms with Gasteiger partial charge in [0.15, 0.2) is 0 Å². The maximum absolute atomic E-state index is 10.4. The minimum atomic E-state index is -0.448. The zero-order valence-corrected chi connectivity index (χ0v) is 15.3. The Morgan fingerprint density at radius 2 is 2.04 bits per heavy atom. The summed E-state index contributed by atoms with van der Waals surface area (Å²) < 4.78 is 11.1. The third kappa shape index (κ3) is 5.53. The van der Waals surface area contributed by atoms with E-state index in [-0.39, 0.29) is 0 Å². The van der Waals surface area contributed by atoms with Gasteiger partial charge < -0.3 is 19.5 Å². The van der Waals surface area contributed by atoms with Crippen molar-refractivity contribution in [3.8, 4) is 11.5 Å². The van der Waals surface area contributed by atoms with Gasteiger partial charge >= 0.3 is 0 Å². The third-order valence-electron chi connectivity index (χ3n) is 4.67. The van der Waals surface area contributed by atoms with Crippen LogP contribution in [-0.4, -0.2) is 44.6 Å². The fraction of sp³-hybridized carbons (Fsp3) is 0.600. The van der Waals surface area contributed by atoms with Crippen LogP contribution in [0.15, 0.2) is 30.9 Å². The predicted molar refractivity (Wildman–Crippen MR) is 96.9 cm³/mol. The Kier molecular flexibility index (Phi) is 7.13. The van der Waals surface area contributed by atoms with Crippen LogP contribution in [0.2, 0.25) is 0 Å². The Morgan fingerprint density at radius 3 is 2.67 bits per heavy atom. The summed E-state index contributed by atoms with van der Waals surface area (Å²) in [6, 6.07) is 5.75. The second kappa shape index (κ2) is 9.09. The van der Waals surface area contributed by atoms with E-state index in [1.165, 1.54) is 11.3 Å². The molecule has 134 valence electrons. The zero-order chi connectivity index (χ0) is 17.5. The molecule has 1 unspecified atom stereocenters. The van der Waals surface area contributed by atoms with Crippen molar-refractivity contribution >= 4 is 0 Å². The molecule has 2 rings (SSSR count). The average molecular weight is 334 g/mol. The minimum Gasteiger partial charge on any atom is -0.497 e. The van der Waals surface area contributed by atoms with Crippen LogP contribution in [0.1, 0.15) is 25.8 Å². The van der Waals surface area contributed by atoms with Crippen LogP contribution < -0.4 is 14.4 Å². The van der Waals surface area contributed by atoms with Gasteiger partial charge in [0.25, 0.3) is 0 Å². The quantitative estimate of drug-likeness (QED) is 0.712. The van der Waals surface area contributed by atoms with E-state index >= 15 is 0 Å². The lowest BCUT2D eigenvalue weighted by atomic mass is 9.92. The van der Waals surface area contributed by atoms with E-state index in [0.717, 1.165) is 55.0 Å². The molecule has 1 saturated heterocycles. The molecule has 0 spiro atoms. The number of nitrogens with one attached hydrogen (secondary N) is 1. The summed E-state index contributed by atoms with van der Waals surface area (Å²) in [7, 11) is 1.65. The average Bonchev–Trinajstić information content (AvgIpc) is 2.53. The van der Waals surface area contributed by atoms with Crippen LogP contribution >= 0.6 is 0 Å². The van der Waals surface area contributed by atoms with Crippen molar-refractivity contribution in [1.29, 1.82) is 0 Å². The summed E-state index contributed by atoms with van der Waals surface area (Å²) in [6.07, 6.45) is 3.41. The first-order valence-corrected chi connectivity index (χ1v) is 8.94. The highest BCUT2D eigenvalue weighted by atomic mass is 16.5. The van der Waals surface area contributed by atoms with Gasteiger partial charge in [0.2, 0.25) is 0 Å². The summed E-state index contributed by atoms with van der Waals surface area (Å²) in [6.45, 7) is 11.8. The molecular weight excluding hydrogens is 302 g/mol. The van der Waals surface area contributed by atoms with Gasteiger partial charge in [-0.25, -0.2) is 0 Å². The van der Waals surface area contributed by atoms with Gasteiger partial charge in [-0.2, -0.15) is 0 Å². The molecule has 4 atom stereocenters. The van der Waals surface area contributed by atoms with Crippen LogP contribution in [-0.2, 0) is 6.42 Å². The number of allylic oxidation sites excluding steroid dienone is 1. The molecule has 1 aliphatic rings. The van der Waals surface area contributed by atoms with Crippen molar-refractivity contribution in [3.05, 3.63) is 36.4 Å². The number of aliphatic hydroxyl groups is 1. The molecule has 0 bridgehead atoms. The molecule has 24 heavy (non-hydrogen) atoms. The van der Waals surface area contributed by atoms with Crippen molar-refractivity contribution < 1.29 is 19.5 Å². The lowest BCUT2D eigenvalue weighted by molar-refractivity contribution is -0.915. The van der Waals surface area contributed by atoms with Crippen LogP contribution in [0.4, 0.5) is 0 Å². The second-order valence-corrected chi connectivity index (χ2v) is 7.24. The van der Waals surface area contributed by atoms with Crippen molar-refractivity contribution in [2.75, 3.05) is 33.4 Å². The van der Waals surface area contributed by atoms with Crippen molar-refractivity contribution in [1.82, 2.24) is 0 Å². The normalized spacial score (nSPS) is 25.1. The number of ether oxygens (including phenoxy) is 2. The van der Waals surface area contributed by atoms with E-state index < -0.39 is 6.10 Å². The molecule has 1 heterocycles. The summed E-state index contributed by atoms with van der Waals surface area (Å²) in [5, 5.41) is 10.4. The Morgan fingerprint density at radius 1 is 1.33 bits per heavy atom. The predicted octanol–water partition coefficient (Wildman–Crippen LogP) is 1.72. The van der Waals surface area contributed by atoms with Crippen molar-refractivity contribution in [2.45, 2.75) is 32.8 Å². The maximum atomic E-state index is 10.4. The Labute approximate surface area is 146 Å². The van der Waals surface area contributed by atoms with Gasteiger partial charge in [-0.1, -0.05) is 19.9 Å². The topological polar surface area (TPSA) is 43.1 Å². The van der Waals surface area contributed by atoms with Crippen LogP contribution in [0, 0.1) is 11.8 Å². The van der Waals surface area contributed by atoms with Gasteiger partial charge in [-0.3, -0.25) is 0 Å².